The van der Waals surface area contributed by atoms with Crippen LogP contribution < -0.4 is 5.32 Å². The molecular weight excluding hydrogens is 366 g/mol. The number of hydrogen-bond donors (Lipinski definition) is 1. The molecule has 0 aliphatic carbocycles. The van der Waals surface area contributed by atoms with Gasteiger partial charge in [-0.1, -0.05) is 36.4 Å². The minimum Gasteiger partial charge on any atom is -0.448 e. The largest absolute Gasteiger partial charge is 0.448 e. The van der Waals surface area contributed by atoms with Gasteiger partial charge in [0.05, 0.1) is 29.3 Å². The molecule has 2 aromatic rings. The lowest BCUT2D eigenvalue weighted by molar-refractivity contribution is -0.0250. The molecular formula is C20H17NO5S. The molecule has 2 aromatic carbocycles. The van der Waals surface area contributed by atoms with Crippen molar-refractivity contribution in [2.24, 2.45) is 0 Å². The van der Waals surface area contributed by atoms with Crippen molar-refractivity contribution in [3.63, 3.8) is 0 Å². The topological polar surface area (TPSA) is 73.9 Å². The molecule has 0 saturated carbocycles. The third-order valence-electron chi connectivity index (χ3n) is 4.16. The molecule has 4 rings (SSSR count). The molecule has 6 nitrogen and oxygen atoms in total. The van der Waals surface area contributed by atoms with Crippen LogP contribution in [0.4, 0.5) is 0 Å². The second-order valence-electron chi connectivity index (χ2n) is 5.95. The molecule has 0 spiro atoms. The molecule has 1 fully saturated rings. The fraction of sp³-hybridized carbons (Fsp3) is 0.200. The highest BCUT2D eigenvalue weighted by molar-refractivity contribution is 8.00. The first-order valence-electron chi connectivity index (χ1n) is 8.47. The lowest BCUT2D eigenvalue weighted by atomic mass is 10.2. The first-order chi connectivity index (χ1) is 13.2. The summed E-state index contributed by atoms with van der Waals surface area (Å²) >= 11 is 1.55. The van der Waals surface area contributed by atoms with E-state index in [-0.39, 0.29) is 12.0 Å². The second kappa shape index (κ2) is 7.85. The van der Waals surface area contributed by atoms with E-state index in [9.17, 15) is 9.59 Å². The Hall–Kier alpha value is -2.77. The number of hydrogen-bond acceptors (Lipinski definition) is 7. The zero-order valence-electron chi connectivity index (χ0n) is 14.3. The summed E-state index contributed by atoms with van der Waals surface area (Å²) in [6, 6.07) is 17.4. The highest BCUT2D eigenvalue weighted by Gasteiger charge is 2.39. The zero-order chi connectivity index (χ0) is 18.6. The lowest BCUT2D eigenvalue weighted by Crippen LogP contribution is -2.37. The molecule has 2 heterocycles. The van der Waals surface area contributed by atoms with E-state index in [1.165, 1.54) is 0 Å². The molecule has 2 aliphatic heterocycles. The zero-order valence-corrected chi connectivity index (χ0v) is 15.1. The van der Waals surface area contributed by atoms with Crippen LogP contribution in [0, 0.1) is 0 Å². The van der Waals surface area contributed by atoms with Crippen molar-refractivity contribution in [2.75, 3.05) is 12.5 Å². The Morgan fingerprint density at radius 2 is 1.59 bits per heavy atom. The molecule has 0 radical (unpaired) electrons. The van der Waals surface area contributed by atoms with Crippen LogP contribution in [-0.4, -0.2) is 36.0 Å². The summed E-state index contributed by atoms with van der Waals surface area (Å²) in [7, 11) is 0. The van der Waals surface area contributed by atoms with Crippen molar-refractivity contribution >= 4 is 23.7 Å². The van der Waals surface area contributed by atoms with E-state index in [1.807, 2.05) is 12.1 Å². The monoisotopic (exact) mass is 383 g/mol. The van der Waals surface area contributed by atoms with Gasteiger partial charge in [0.25, 0.3) is 0 Å². The molecule has 2 unspecified atom stereocenters. The SMILES string of the molecule is O=C(OC1=C2NCSC2OCC1OC(=O)c1ccccc1)c1ccccc1. The van der Waals surface area contributed by atoms with Gasteiger partial charge in [-0.3, -0.25) is 0 Å². The number of carbonyl (C=O) groups excluding carboxylic acids is 2. The average molecular weight is 383 g/mol. The number of esters is 2. The van der Waals surface area contributed by atoms with Crippen LogP contribution in [0.25, 0.3) is 0 Å². The van der Waals surface area contributed by atoms with Crippen molar-refractivity contribution < 1.29 is 23.8 Å². The van der Waals surface area contributed by atoms with Crippen LogP contribution in [0.3, 0.4) is 0 Å². The highest BCUT2D eigenvalue weighted by Crippen LogP contribution is 2.34. The van der Waals surface area contributed by atoms with Gasteiger partial charge in [-0.2, -0.15) is 0 Å². The number of fused-ring (bicyclic) bond motifs is 1. The van der Waals surface area contributed by atoms with Crippen molar-refractivity contribution in [1.29, 1.82) is 0 Å². The van der Waals surface area contributed by atoms with E-state index >= 15 is 0 Å². The van der Waals surface area contributed by atoms with Crippen LogP contribution in [0.1, 0.15) is 20.7 Å². The Balaban J connectivity index is 1.58. The van der Waals surface area contributed by atoms with Crippen LogP contribution in [0.15, 0.2) is 72.1 Å². The standard InChI is InChI=1S/C20H17NO5S/c22-18(13-7-3-1-4-8-13)25-15-11-24-20-16(21-12-27-20)17(15)26-19(23)14-9-5-2-6-10-14/h1-10,15,20-21H,11-12H2. The minimum absolute atomic E-state index is 0.124. The van der Waals surface area contributed by atoms with Crippen LogP contribution in [-0.2, 0) is 14.2 Å². The van der Waals surface area contributed by atoms with Crippen LogP contribution >= 0.6 is 11.8 Å². The fourth-order valence-corrected chi connectivity index (χ4v) is 3.76. The van der Waals surface area contributed by atoms with E-state index in [4.69, 9.17) is 14.2 Å². The maximum Gasteiger partial charge on any atom is 0.343 e. The summed E-state index contributed by atoms with van der Waals surface area (Å²) in [4.78, 5) is 25.0. The quantitative estimate of drug-likeness (QED) is 0.814. The van der Waals surface area contributed by atoms with Gasteiger partial charge in [0, 0.05) is 0 Å². The van der Waals surface area contributed by atoms with Gasteiger partial charge in [0.15, 0.2) is 11.9 Å². The molecule has 138 valence electrons. The van der Waals surface area contributed by atoms with E-state index in [2.05, 4.69) is 5.32 Å². The second-order valence-corrected chi connectivity index (χ2v) is 7.00. The van der Waals surface area contributed by atoms with Crippen LogP contribution in [0.5, 0.6) is 0 Å². The van der Waals surface area contributed by atoms with Gasteiger partial charge in [-0.25, -0.2) is 9.59 Å². The third kappa shape index (κ3) is 3.84. The number of benzene rings is 2. The predicted molar refractivity (Wildman–Crippen MR) is 99.9 cm³/mol. The Bertz CT molecular complexity index is 868. The Morgan fingerprint density at radius 1 is 0.963 bits per heavy atom. The average Bonchev–Trinajstić information content (AvgIpc) is 3.20. The summed E-state index contributed by atoms with van der Waals surface area (Å²) in [6.07, 6.45) is -0.803. The predicted octanol–water partition coefficient (Wildman–Crippen LogP) is 2.93. The van der Waals surface area contributed by atoms with Crippen LogP contribution in [0.2, 0.25) is 0 Å². The Labute approximate surface area is 160 Å². The minimum atomic E-state index is -0.803. The number of nitrogens with one attached hydrogen (secondary N) is 1. The Morgan fingerprint density at radius 3 is 2.26 bits per heavy atom. The molecule has 0 bridgehead atoms. The smallest absolute Gasteiger partial charge is 0.343 e. The molecule has 2 atom stereocenters. The third-order valence-corrected chi connectivity index (χ3v) is 5.15. The van der Waals surface area contributed by atoms with Gasteiger partial charge in [-0.05, 0) is 24.3 Å². The first kappa shape index (κ1) is 17.6. The van der Waals surface area contributed by atoms with Crippen molar-refractivity contribution in [1.82, 2.24) is 5.32 Å². The van der Waals surface area contributed by atoms with Gasteiger partial charge in [0.1, 0.15) is 5.44 Å². The lowest BCUT2D eigenvalue weighted by Gasteiger charge is -2.29. The summed E-state index contributed by atoms with van der Waals surface area (Å²) in [6.45, 7) is 0.124. The molecule has 0 aromatic heterocycles. The van der Waals surface area contributed by atoms with Gasteiger partial charge >= 0.3 is 11.9 Å². The van der Waals surface area contributed by atoms with Crippen molar-refractivity contribution in [2.45, 2.75) is 11.5 Å². The molecule has 27 heavy (non-hydrogen) atoms. The first-order valence-corrected chi connectivity index (χ1v) is 9.51. The molecule has 1 saturated heterocycles. The maximum atomic E-state index is 12.5. The maximum absolute atomic E-state index is 12.5. The summed E-state index contributed by atoms with van der Waals surface area (Å²) < 4.78 is 17.0. The summed E-state index contributed by atoms with van der Waals surface area (Å²) in [5, 5.41) is 3.16. The number of carbonyl (C=O) groups is 2. The van der Waals surface area contributed by atoms with E-state index in [1.54, 1.807) is 60.3 Å². The summed E-state index contributed by atoms with van der Waals surface area (Å²) in [5.41, 5.74) is 1.23. The summed E-state index contributed by atoms with van der Waals surface area (Å²) in [5.74, 6) is -0.0686. The molecule has 1 N–H and O–H groups in total. The van der Waals surface area contributed by atoms with Gasteiger partial charge in [-0.15, -0.1) is 11.8 Å². The molecule has 0 amide bonds. The van der Waals surface area contributed by atoms with E-state index < -0.39 is 18.0 Å². The Kier molecular flexibility index (Phi) is 5.13. The van der Waals surface area contributed by atoms with Crippen molar-refractivity contribution in [3.8, 4) is 0 Å². The number of thioether (sulfide) groups is 1. The molecule has 2 aliphatic rings. The molecule has 7 heteroatoms. The number of rotatable bonds is 4. The van der Waals surface area contributed by atoms with E-state index in [0.29, 0.717) is 28.5 Å². The van der Waals surface area contributed by atoms with Gasteiger partial charge < -0.3 is 19.5 Å². The fourth-order valence-electron chi connectivity index (χ4n) is 2.83. The van der Waals surface area contributed by atoms with Gasteiger partial charge in [0.2, 0.25) is 0 Å². The number of ether oxygens (including phenoxy) is 3. The van der Waals surface area contributed by atoms with Crippen molar-refractivity contribution in [3.05, 3.63) is 83.2 Å². The highest BCUT2D eigenvalue weighted by atomic mass is 32.2. The normalized spacial score (nSPS) is 21.2. The van der Waals surface area contributed by atoms with E-state index in [0.717, 1.165) is 0 Å².